The molecule has 0 bridgehead atoms. The highest BCUT2D eigenvalue weighted by Crippen LogP contribution is 2.42. The third kappa shape index (κ3) is 17.9. The van der Waals surface area contributed by atoms with Crippen LogP contribution in [0.15, 0.2) is 413 Å². The Kier molecular flexibility index (Phi) is 23.1. The standard InChI is InChI=1S/2C41H29N5.C40H28N6/c1-26-13-14-31-19-20-35-36(22-27(2)44-40(35)39(31)43-26)33-11-6-10-32(23-33)28-15-17-30(18-16-28)38-24-37(29-8-4-3-5-9-29)45-41(46-38)34-12-7-21-42-25-34;1-26-13-14-30-19-20-35-36(22-27(2)44-40(35)39(30)43-26)33-11-6-10-32(23-33)28-15-17-31(18-16-28)41-45-37(29-8-4-3-5-9-29)24-38(46-41)34-12-7-21-42-25-34;1-25-14-15-29-20-21-33-34(23-26(2)43-37(33)36(29)42-25)28-18-16-27(17-19-28)31-11-8-12-32(24-31)39-44-38(30-9-4-3-5-10-30)45-40(46-39)35-13-6-7-22-41-35/h2*3-25H,1-2H3;3-24H,1-2H3. The molecule has 12 heterocycles. The molecule has 0 unspecified atom stereocenters. The second kappa shape index (κ2) is 37.4. The summed E-state index contributed by atoms with van der Waals surface area (Å²) >= 11 is 0. The van der Waals surface area contributed by atoms with Crippen molar-refractivity contribution in [3.63, 3.8) is 0 Å². The topological polar surface area (TPSA) is 206 Å². The Labute approximate surface area is 797 Å². The van der Waals surface area contributed by atoms with Crippen molar-refractivity contribution < 1.29 is 0 Å². The van der Waals surface area contributed by atoms with Gasteiger partial charge in [0.2, 0.25) is 0 Å². The summed E-state index contributed by atoms with van der Waals surface area (Å²) in [5.74, 6) is 3.08. The molecule has 0 atom stereocenters. The van der Waals surface area contributed by atoms with E-state index in [0.717, 1.165) is 234 Å². The largest absolute Gasteiger partial charge is 0.264 e. The third-order valence-corrected chi connectivity index (χ3v) is 24.7. The smallest absolute Gasteiger partial charge is 0.182 e. The fourth-order valence-corrected chi connectivity index (χ4v) is 17.9. The maximum Gasteiger partial charge on any atom is 0.182 e. The van der Waals surface area contributed by atoms with Crippen LogP contribution >= 0.6 is 0 Å². The lowest BCUT2D eigenvalue weighted by Gasteiger charge is -2.12. The van der Waals surface area contributed by atoms with Gasteiger partial charge in [0.1, 0.15) is 5.69 Å². The molecule has 24 rings (SSSR count). The van der Waals surface area contributed by atoms with E-state index in [-0.39, 0.29) is 0 Å². The molecule has 0 saturated heterocycles. The number of hydrogen-bond acceptors (Lipinski definition) is 16. The molecule has 0 saturated carbocycles. The summed E-state index contributed by atoms with van der Waals surface area (Å²) in [6, 6.07) is 132. The van der Waals surface area contributed by atoms with Crippen molar-refractivity contribution in [2.24, 2.45) is 0 Å². The monoisotopic (exact) mass is 1770 g/mol. The molecule has 0 radical (unpaired) electrons. The van der Waals surface area contributed by atoms with E-state index in [2.05, 4.69) is 265 Å². The Balaban J connectivity index is 0.000000119. The van der Waals surface area contributed by atoms with E-state index in [1.165, 1.54) is 0 Å². The third-order valence-electron chi connectivity index (χ3n) is 24.7. The summed E-state index contributed by atoms with van der Waals surface area (Å²) in [5.41, 5.74) is 37.0. The van der Waals surface area contributed by atoms with Crippen LogP contribution < -0.4 is 0 Å². The molecule has 24 aromatic rings. The number of fused-ring (bicyclic) bond motifs is 9. The van der Waals surface area contributed by atoms with Crippen LogP contribution in [0.3, 0.4) is 0 Å². The van der Waals surface area contributed by atoms with Crippen LogP contribution in [0.4, 0.5) is 0 Å². The molecule has 0 N–H and O–H groups in total. The minimum atomic E-state index is 0.539. The molecule has 0 aliphatic rings. The van der Waals surface area contributed by atoms with Gasteiger partial charge in [-0.3, -0.25) is 44.9 Å². The maximum absolute atomic E-state index is 4.98. The summed E-state index contributed by atoms with van der Waals surface area (Å²) in [6.45, 7) is 12.2. The summed E-state index contributed by atoms with van der Waals surface area (Å²) < 4.78 is 0. The van der Waals surface area contributed by atoms with Crippen LogP contribution in [0, 0.1) is 41.5 Å². The van der Waals surface area contributed by atoms with Crippen molar-refractivity contribution in [3.8, 4) is 169 Å². The average molecular weight is 1780 g/mol. The Morgan fingerprint density at radius 3 is 0.884 bits per heavy atom. The van der Waals surface area contributed by atoms with Crippen LogP contribution in [0.5, 0.6) is 0 Å². The Bertz CT molecular complexity index is 8210. The first-order valence-electron chi connectivity index (χ1n) is 45.9. The molecule has 12 aromatic heterocycles. The average Bonchev–Trinajstić information content (AvgIpc) is 0.814. The Morgan fingerprint density at radius 1 is 0.152 bits per heavy atom. The highest BCUT2D eigenvalue weighted by molar-refractivity contribution is 6.11. The molecule has 0 amide bonds. The number of nitrogens with zero attached hydrogens (tertiary/aromatic N) is 16. The molecule has 0 fully saturated rings. The molecule has 0 spiro atoms. The van der Waals surface area contributed by atoms with Gasteiger partial charge >= 0.3 is 0 Å². The van der Waals surface area contributed by atoms with Crippen molar-refractivity contribution in [3.05, 3.63) is 447 Å². The second-order valence-corrected chi connectivity index (χ2v) is 34.4. The zero-order valence-electron chi connectivity index (χ0n) is 76.4. The summed E-state index contributed by atoms with van der Waals surface area (Å²) in [5, 5.41) is 6.59. The van der Waals surface area contributed by atoms with Crippen LogP contribution in [0.1, 0.15) is 34.2 Å². The van der Waals surface area contributed by atoms with Crippen LogP contribution in [0.25, 0.3) is 234 Å². The van der Waals surface area contributed by atoms with Gasteiger partial charge in [-0.25, -0.2) is 34.9 Å². The molecular weight excluding hydrogens is 1690 g/mol. The number of pyridine rings is 9. The Hall–Kier alpha value is -18.3. The van der Waals surface area contributed by atoms with E-state index in [1.54, 1.807) is 24.8 Å². The number of benzene rings is 12. The van der Waals surface area contributed by atoms with Gasteiger partial charge in [0, 0.05) is 142 Å². The highest BCUT2D eigenvalue weighted by Gasteiger charge is 2.21. The molecular formula is C122H86N16. The predicted molar refractivity (Wildman–Crippen MR) is 559 cm³/mol. The summed E-state index contributed by atoms with van der Waals surface area (Å²) in [7, 11) is 0. The normalized spacial score (nSPS) is 11.3. The van der Waals surface area contributed by atoms with Gasteiger partial charge in [-0.2, -0.15) is 0 Å². The molecule has 0 aliphatic heterocycles. The van der Waals surface area contributed by atoms with E-state index in [1.807, 2.05) is 179 Å². The molecule has 654 valence electrons. The fourth-order valence-electron chi connectivity index (χ4n) is 17.9. The number of rotatable bonds is 15. The van der Waals surface area contributed by atoms with E-state index in [9.17, 15) is 0 Å². The number of aryl methyl sites for hydroxylation is 6. The first kappa shape index (κ1) is 85.2. The van der Waals surface area contributed by atoms with Gasteiger partial charge in [-0.05, 0) is 211 Å². The quantitative estimate of drug-likeness (QED) is 0.0875. The van der Waals surface area contributed by atoms with Gasteiger partial charge in [-0.15, -0.1) is 0 Å². The van der Waals surface area contributed by atoms with Crippen molar-refractivity contribution in [2.75, 3.05) is 0 Å². The summed E-state index contributed by atoms with van der Waals surface area (Å²) in [6.07, 6.45) is 8.93. The van der Waals surface area contributed by atoms with E-state index < -0.39 is 0 Å². The maximum atomic E-state index is 4.98. The first-order chi connectivity index (χ1) is 67.8. The van der Waals surface area contributed by atoms with Crippen LogP contribution in [-0.4, -0.2) is 79.7 Å². The van der Waals surface area contributed by atoms with Crippen molar-refractivity contribution in [1.82, 2.24) is 79.7 Å². The van der Waals surface area contributed by atoms with Crippen molar-refractivity contribution in [2.45, 2.75) is 41.5 Å². The highest BCUT2D eigenvalue weighted by atomic mass is 15.0. The zero-order valence-corrected chi connectivity index (χ0v) is 76.4. The SMILES string of the molecule is Cc1ccc2ccc3c(-c4ccc(-c5cccc(-c6nc(-c7ccccc7)nc(-c7ccccn7)n6)c5)cc4)cc(C)nc3c2n1.Cc1ccc2ccc3c(-c4cccc(-c5ccc(-c6cc(-c7ccccc7)nc(-c7cccnc7)n6)cc5)c4)cc(C)nc3c2n1.Cc1ccc2ccc3c(-c4cccc(-c5ccc(-c6nc(-c7ccccc7)cc(-c7cccnc7)n6)cc5)c4)cc(C)nc3c2n1. The lowest BCUT2D eigenvalue weighted by atomic mass is 9.95. The molecule has 16 heteroatoms. The van der Waals surface area contributed by atoms with Gasteiger partial charge in [-0.1, -0.05) is 279 Å². The fraction of sp³-hybridized carbons (Fsp3) is 0.0492. The number of hydrogen-bond donors (Lipinski definition) is 0. The second-order valence-electron chi connectivity index (χ2n) is 34.4. The van der Waals surface area contributed by atoms with Crippen molar-refractivity contribution >= 4 is 65.4 Å². The number of aromatic nitrogens is 16. The van der Waals surface area contributed by atoms with E-state index in [0.29, 0.717) is 34.8 Å². The lowest BCUT2D eigenvalue weighted by molar-refractivity contribution is 1.06. The van der Waals surface area contributed by atoms with E-state index >= 15 is 0 Å². The van der Waals surface area contributed by atoms with Crippen LogP contribution in [-0.2, 0) is 0 Å². The van der Waals surface area contributed by atoms with Gasteiger partial charge < -0.3 is 0 Å². The summed E-state index contributed by atoms with van der Waals surface area (Å²) in [4.78, 5) is 76.7. The van der Waals surface area contributed by atoms with Crippen molar-refractivity contribution in [1.29, 1.82) is 0 Å². The van der Waals surface area contributed by atoms with Gasteiger partial charge in [0.05, 0.1) is 55.9 Å². The lowest BCUT2D eigenvalue weighted by Crippen LogP contribution is -2.01. The molecule has 12 aromatic carbocycles. The predicted octanol–water partition coefficient (Wildman–Crippen LogP) is 29.2. The minimum absolute atomic E-state index is 0.539. The minimum Gasteiger partial charge on any atom is -0.264 e. The Morgan fingerprint density at radius 2 is 0.457 bits per heavy atom. The zero-order chi connectivity index (χ0) is 93.1. The molecule has 16 nitrogen and oxygen atoms in total. The molecule has 138 heavy (non-hydrogen) atoms. The first-order valence-corrected chi connectivity index (χ1v) is 45.9. The molecule has 0 aliphatic carbocycles. The van der Waals surface area contributed by atoms with Gasteiger partial charge in [0.15, 0.2) is 29.1 Å². The van der Waals surface area contributed by atoms with Gasteiger partial charge in [0.25, 0.3) is 0 Å². The van der Waals surface area contributed by atoms with E-state index in [4.69, 9.17) is 64.8 Å². The van der Waals surface area contributed by atoms with Crippen LogP contribution in [0.2, 0.25) is 0 Å².